The molecule has 0 aliphatic rings. The van der Waals surface area contributed by atoms with Crippen LogP contribution in [-0.4, -0.2) is 39.7 Å². The van der Waals surface area contributed by atoms with Gasteiger partial charge in [-0.3, -0.25) is 4.79 Å². The third-order valence-electron chi connectivity index (χ3n) is 5.52. The monoisotopic (exact) mass is 507 g/mol. The van der Waals surface area contributed by atoms with Crippen LogP contribution in [0.3, 0.4) is 0 Å². The third-order valence-corrected chi connectivity index (χ3v) is 5.52. The molecule has 7 nitrogen and oxygen atoms in total. The first-order chi connectivity index (χ1) is 17.8. The number of carbonyl (C=O) groups is 2. The van der Waals surface area contributed by atoms with Crippen LogP contribution in [0.5, 0.6) is 0 Å². The highest BCUT2D eigenvalue weighted by Crippen LogP contribution is 2.34. The zero-order valence-electron chi connectivity index (χ0n) is 19.9. The molecule has 0 atom stereocenters. The highest BCUT2D eigenvalue weighted by atomic mass is 19.4. The highest BCUT2D eigenvalue weighted by Gasteiger charge is 2.34. The van der Waals surface area contributed by atoms with Crippen molar-refractivity contribution in [2.75, 3.05) is 23.7 Å². The maximum absolute atomic E-state index is 13.3. The molecule has 0 radical (unpaired) electrons. The summed E-state index contributed by atoms with van der Waals surface area (Å²) in [5, 5.41) is 9.68. The van der Waals surface area contributed by atoms with Crippen molar-refractivity contribution in [2.24, 2.45) is 0 Å². The summed E-state index contributed by atoms with van der Waals surface area (Å²) < 4.78 is 41.5. The molecule has 4 aromatic rings. The number of urea groups is 1. The summed E-state index contributed by atoms with van der Waals surface area (Å²) in [5.41, 5.74) is 0.852. The standard InChI is InChI=1S/C27H24F3N5O2/c1-2-34(26(37)31-22-16-10-9-15-21(22)27(28,29)30)18-25(36)32-24-17-23(19-11-5-3-6-12-19)33-35(24)20-13-7-4-8-14-20/h3-17H,2,18H2,1H3,(H,31,37)(H,32,36). The van der Waals surface area contributed by atoms with Gasteiger partial charge in [0.2, 0.25) is 5.91 Å². The molecule has 0 aliphatic carbocycles. The Morgan fingerprint density at radius 2 is 1.51 bits per heavy atom. The number of alkyl halides is 3. The summed E-state index contributed by atoms with van der Waals surface area (Å²) >= 11 is 0. The quantitative estimate of drug-likeness (QED) is 0.320. The Bertz CT molecular complexity index is 1370. The van der Waals surface area contributed by atoms with E-state index in [0.29, 0.717) is 17.2 Å². The van der Waals surface area contributed by atoms with Gasteiger partial charge in [0, 0.05) is 18.2 Å². The maximum Gasteiger partial charge on any atom is 0.418 e. The van der Waals surface area contributed by atoms with Crippen LogP contribution in [-0.2, 0) is 11.0 Å². The van der Waals surface area contributed by atoms with Gasteiger partial charge in [-0.15, -0.1) is 0 Å². The van der Waals surface area contributed by atoms with Crippen LogP contribution in [0.4, 0.5) is 29.5 Å². The van der Waals surface area contributed by atoms with E-state index in [0.717, 1.165) is 22.6 Å². The van der Waals surface area contributed by atoms with E-state index in [2.05, 4.69) is 15.7 Å². The van der Waals surface area contributed by atoms with Gasteiger partial charge in [0.15, 0.2) is 0 Å². The average Bonchev–Trinajstić information content (AvgIpc) is 3.31. The van der Waals surface area contributed by atoms with Crippen LogP contribution in [0.1, 0.15) is 12.5 Å². The molecule has 0 aliphatic heterocycles. The number of para-hydroxylation sites is 2. The van der Waals surface area contributed by atoms with Gasteiger partial charge in [-0.05, 0) is 31.2 Å². The number of aromatic nitrogens is 2. The zero-order chi connectivity index (χ0) is 26.4. The summed E-state index contributed by atoms with van der Waals surface area (Å²) in [4.78, 5) is 26.8. The Labute approximate surface area is 211 Å². The number of hydrogen-bond donors (Lipinski definition) is 2. The molecule has 0 fully saturated rings. The third kappa shape index (κ3) is 6.16. The Morgan fingerprint density at radius 1 is 0.892 bits per heavy atom. The van der Waals surface area contributed by atoms with E-state index in [9.17, 15) is 22.8 Å². The molecule has 0 spiro atoms. The summed E-state index contributed by atoms with van der Waals surface area (Å²) in [7, 11) is 0. The van der Waals surface area contributed by atoms with Gasteiger partial charge < -0.3 is 15.5 Å². The summed E-state index contributed by atoms with van der Waals surface area (Å²) in [6.07, 6.45) is -4.63. The van der Waals surface area contributed by atoms with E-state index >= 15 is 0 Å². The number of benzene rings is 3. The largest absolute Gasteiger partial charge is 0.418 e. The lowest BCUT2D eigenvalue weighted by Crippen LogP contribution is -2.40. The number of halogens is 3. The number of amides is 3. The molecule has 0 saturated carbocycles. The average molecular weight is 508 g/mol. The molecule has 2 N–H and O–H groups in total. The topological polar surface area (TPSA) is 79.3 Å². The Morgan fingerprint density at radius 3 is 2.16 bits per heavy atom. The second kappa shape index (κ2) is 11.0. The van der Waals surface area contributed by atoms with Gasteiger partial charge in [0.1, 0.15) is 12.4 Å². The lowest BCUT2D eigenvalue weighted by atomic mass is 10.1. The molecule has 4 rings (SSSR count). The van der Waals surface area contributed by atoms with Crippen molar-refractivity contribution in [2.45, 2.75) is 13.1 Å². The highest BCUT2D eigenvalue weighted by molar-refractivity contribution is 5.97. The maximum atomic E-state index is 13.3. The number of hydrogen-bond acceptors (Lipinski definition) is 3. The summed E-state index contributed by atoms with van der Waals surface area (Å²) in [6, 6.07) is 24.2. The molecule has 3 aromatic carbocycles. The fourth-order valence-electron chi connectivity index (χ4n) is 3.70. The minimum absolute atomic E-state index is 0.0979. The fraction of sp³-hybridized carbons (Fsp3) is 0.148. The van der Waals surface area contributed by atoms with Gasteiger partial charge in [0.05, 0.1) is 22.6 Å². The van der Waals surface area contributed by atoms with Crippen LogP contribution in [0, 0.1) is 0 Å². The molecule has 190 valence electrons. The van der Waals surface area contributed by atoms with Crippen LogP contribution in [0.2, 0.25) is 0 Å². The molecule has 0 saturated heterocycles. The molecule has 10 heteroatoms. The number of nitrogens with one attached hydrogen (secondary N) is 2. The van der Waals surface area contributed by atoms with Crippen LogP contribution >= 0.6 is 0 Å². The minimum Gasteiger partial charge on any atom is -0.315 e. The SMILES string of the molecule is CCN(CC(=O)Nc1cc(-c2ccccc2)nn1-c1ccccc1)C(=O)Nc1ccccc1C(F)(F)F. The molecule has 0 unspecified atom stereocenters. The smallest absolute Gasteiger partial charge is 0.315 e. The number of nitrogens with zero attached hydrogens (tertiary/aromatic N) is 3. The van der Waals surface area contributed by atoms with E-state index in [1.807, 2.05) is 60.7 Å². The molecular formula is C27H24F3N5O2. The molecular weight excluding hydrogens is 483 g/mol. The summed E-state index contributed by atoms with van der Waals surface area (Å²) in [5.74, 6) is -0.147. The van der Waals surface area contributed by atoms with Crippen LogP contribution in [0.25, 0.3) is 16.9 Å². The van der Waals surface area contributed by atoms with Gasteiger partial charge in [-0.2, -0.15) is 18.3 Å². The van der Waals surface area contributed by atoms with E-state index in [4.69, 9.17) is 0 Å². The zero-order valence-corrected chi connectivity index (χ0v) is 19.9. The Balaban J connectivity index is 1.53. The predicted octanol–water partition coefficient (Wildman–Crippen LogP) is 6.05. The van der Waals surface area contributed by atoms with E-state index in [1.165, 1.54) is 12.1 Å². The number of rotatable bonds is 7. The lowest BCUT2D eigenvalue weighted by Gasteiger charge is -2.22. The second-order valence-electron chi connectivity index (χ2n) is 8.06. The van der Waals surface area contributed by atoms with Crippen molar-refractivity contribution >= 4 is 23.4 Å². The fourth-order valence-corrected chi connectivity index (χ4v) is 3.70. The molecule has 1 aromatic heterocycles. The van der Waals surface area contributed by atoms with Crippen molar-refractivity contribution in [3.05, 3.63) is 96.6 Å². The first kappa shape index (κ1) is 25.5. The normalized spacial score (nSPS) is 11.1. The molecule has 1 heterocycles. The first-order valence-corrected chi connectivity index (χ1v) is 11.5. The first-order valence-electron chi connectivity index (χ1n) is 11.5. The predicted molar refractivity (Wildman–Crippen MR) is 135 cm³/mol. The Kier molecular flexibility index (Phi) is 7.57. The summed E-state index contributed by atoms with van der Waals surface area (Å²) in [6.45, 7) is 1.35. The second-order valence-corrected chi connectivity index (χ2v) is 8.06. The van der Waals surface area contributed by atoms with Crippen molar-refractivity contribution in [1.29, 1.82) is 0 Å². The molecule has 37 heavy (non-hydrogen) atoms. The van der Waals surface area contributed by atoms with Crippen molar-refractivity contribution in [1.82, 2.24) is 14.7 Å². The van der Waals surface area contributed by atoms with Crippen LogP contribution in [0.15, 0.2) is 91.0 Å². The van der Waals surface area contributed by atoms with Gasteiger partial charge in [0.25, 0.3) is 0 Å². The number of carbonyl (C=O) groups excluding carboxylic acids is 2. The van der Waals surface area contributed by atoms with Crippen molar-refractivity contribution in [3.63, 3.8) is 0 Å². The van der Waals surface area contributed by atoms with E-state index in [-0.39, 0.29) is 18.8 Å². The van der Waals surface area contributed by atoms with Gasteiger partial charge in [-0.25, -0.2) is 9.48 Å². The number of anilines is 2. The van der Waals surface area contributed by atoms with Gasteiger partial charge in [-0.1, -0.05) is 60.7 Å². The van der Waals surface area contributed by atoms with Crippen LogP contribution < -0.4 is 10.6 Å². The Hall–Kier alpha value is -4.60. The van der Waals surface area contributed by atoms with E-state index in [1.54, 1.807) is 17.7 Å². The molecule has 0 bridgehead atoms. The minimum atomic E-state index is -4.63. The number of likely N-dealkylation sites (N-methyl/N-ethyl adjacent to an activating group) is 1. The van der Waals surface area contributed by atoms with Gasteiger partial charge >= 0.3 is 12.2 Å². The lowest BCUT2D eigenvalue weighted by molar-refractivity contribution is -0.137. The van der Waals surface area contributed by atoms with E-state index < -0.39 is 23.7 Å². The molecule has 3 amide bonds. The van der Waals surface area contributed by atoms with Crippen molar-refractivity contribution < 1.29 is 22.8 Å². The van der Waals surface area contributed by atoms with Crippen molar-refractivity contribution in [3.8, 4) is 16.9 Å².